The highest BCUT2D eigenvalue weighted by molar-refractivity contribution is 6.28. The Morgan fingerprint density at radius 2 is 1.75 bits per heavy atom. The van der Waals surface area contributed by atoms with Crippen LogP contribution in [0.1, 0.15) is 50.6 Å². The third-order valence-corrected chi connectivity index (χ3v) is 3.69. The maximum atomic E-state index is 5.76. The first-order valence-corrected chi connectivity index (χ1v) is 7.32. The molecule has 2 rings (SSSR count). The SMILES string of the molecule is CC(NCc1ccc(Cl)o1)c1ccc(C(C)(C)C)cc1. The Morgan fingerprint density at radius 3 is 2.25 bits per heavy atom. The molecule has 0 amide bonds. The van der Waals surface area contributed by atoms with E-state index < -0.39 is 0 Å². The molecule has 0 aliphatic rings. The Morgan fingerprint density at radius 1 is 1.10 bits per heavy atom. The number of furan rings is 1. The summed E-state index contributed by atoms with van der Waals surface area (Å²) in [5.74, 6) is 0.855. The van der Waals surface area contributed by atoms with E-state index in [0.717, 1.165) is 5.76 Å². The molecule has 0 spiro atoms. The van der Waals surface area contributed by atoms with Crippen LogP contribution in [0, 0.1) is 0 Å². The van der Waals surface area contributed by atoms with Crippen molar-refractivity contribution in [1.29, 1.82) is 0 Å². The van der Waals surface area contributed by atoms with Gasteiger partial charge in [0.2, 0.25) is 0 Å². The number of nitrogens with one attached hydrogen (secondary N) is 1. The number of hydrogen-bond donors (Lipinski definition) is 1. The van der Waals surface area contributed by atoms with Crippen LogP contribution < -0.4 is 5.32 Å². The lowest BCUT2D eigenvalue weighted by Crippen LogP contribution is -2.18. The predicted octanol–water partition coefficient (Wildman–Crippen LogP) is 5.08. The van der Waals surface area contributed by atoms with E-state index >= 15 is 0 Å². The molecule has 0 saturated carbocycles. The molecule has 108 valence electrons. The van der Waals surface area contributed by atoms with E-state index in [0.29, 0.717) is 11.8 Å². The fourth-order valence-electron chi connectivity index (χ4n) is 2.09. The number of rotatable bonds is 4. The lowest BCUT2D eigenvalue weighted by atomic mass is 9.86. The molecule has 3 heteroatoms. The molecule has 0 aliphatic carbocycles. The van der Waals surface area contributed by atoms with Crippen LogP contribution in [-0.4, -0.2) is 0 Å². The van der Waals surface area contributed by atoms with Gasteiger partial charge in [0, 0.05) is 6.04 Å². The fourth-order valence-corrected chi connectivity index (χ4v) is 2.25. The topological polar surface area (TPSA) is 25.2 Å². The Balaban J connectivity index is 1.97. The molecule has 1 heterocycles. The van der Waals surface area contributed by atoms with Gasteiger partial charge in [0.15, 0.2) is 5.22 Å². The molecular formula is C17H22ClNO. The standard InChI is InChI=1S/C17H22ClNO/c1-12(19-11-15-9-10-16(18)20-15)13-5-7-14(8-6-13)17(2,3)4/h5-10,12,19H,11H2,1-4H3. The second-order valence-corrected chi connectivity index (χ2v) is 6.55. The second-order valence-electron chi connectivity index (χ2n) is 6.18. The van der Waals surface area contributed by atoms with E-state index in [9.17, 15) is 0 Å². The van der Waals surface area contributed by atoms with Crippen LogP contribution in [0.25, 0.3) is 0 Å². The zero-order chi connectivity index (χ0) is 14.8. The van der Waals surface area contributed by atoms with Crippen molar-refractivity contribution >= 4 is 11.6 Å². The van der Waals surface area contributed by atoms with Crippen molar-refractivity contribution in [2.45, 2.75) is 45.7 Å². The molecule has 0 saturated heterocycles. The van der Waals surface area contributed by atoms with Crippen molar-refractivity contribution < 1.29 is 4.42 Å². The molecule has 0 bridgehead atoms. The van der Waals surface area contributed by atoms with Gasteiger partial charge in [0.05, 0.1) is 6.54 Å². The van der Waals surface area contributed by atoms with Crippen LogP contribution in [0.3, 0.4) is 0 Å². The summed E-state index contributed by atoms with van der Waals surface area (Å²) in [7, 11) is 0. The zero-order valence-corrected chi connectivity index (χ0v) is 13.3. The van der Waals surface area contributed by atoms with Gasteiger partial charge < -0.3 is 9.73 Å². The highest BCUT2D eigenvalue weighted by Gasteiger charge is 2.14. The first-order valence-electron chi connectivity index (χ1n) is 6.94. The lowest BCUT2D eigenvalue weighted by Gasteiger charge is -2.20. The normalized spacial score (nSPS) is 13.4. The van der Waals surface area contributed by atoms with E-state index in [1.807, 2.05) is 6.07 Å². The van der Waals surface area contributed by atoms with Crippen LogP contribution in [0.15, 0.2) is 40.8 Å². The molecule has 0 aliphatic heterocycles. The van der Waals surface area contributed by atoms with E-state index in [4.69, 9.17) is 16.0 Å². The summed E-state index contributed by atoms with van der Waals surface area (Å²) < 4.78 is 5.34. The van der Waals surface area contributed by atoms with Crippen LogP contribution in [0.4, 0.5) is 0 Å². The van der Waals surface area contributed by atoms with E-state index in [-0.39, 0.29) is 11.5 Å². The van der Waals surface area contributed by atoms with Gasteiger partial charge in [0.25, 0.3) is 0 Å². The van der Waals surface area contributed by atoms with Crippen LogP contribution in [-0.2, 0) is 12.0 Å². The van der Waals surface area contributed by atoms with Crippen LogP contribution >= 0.6 is 11.6 Å². The molecule has 1 unspecified atom stereocenters. The van der Waals surface area contributed by atoms with Gasteiger partial charge in [-0.15, -0.1) is 0 Å². The molecule has 2 nitrogen and oxygen atoms in total. The van der Waals surface area contributed by atoms with Crippen LogP contribution in [0.2, 0.25) is 5.22 Å². The van der Waals surface area contributed by atoms with Gasteiger partial charge in [-0.25, -0.2) is 0 Å². The summed E-state index contributed by atoms with van der Waals surface area (Å²) in [6, 6.07) is 12.7. The second kappa shape index (κ2) is 6.02. The van der Waals surface area contributed by atoms with Crippen molar-refractivity contribution in [2.24, 2.45) is 0 Å². The largest absolute Gasteiger partial charge is 0.448 e. The molecule has 1 aromatic heterocycles. The van der Waals surface area contributed by atoms with Gasteiger partial charge in [-0.2, -0.15) is 0 Å². The summed E-state index contributed by atoms with van der Waals surface area (Å²) in [6.45, 7) is 9.50. The Labute approximate surface area is 126 Å². The van der Waals surface area contributed by atoms with E-state index in [1.165, 1.54) is 11.1 Å². The highest BCUT2D eigenvalue weighted by atomic mass is 35.5. The summed E-state index contributed by atoms with van der Waals surface area (Å²) in [6.07, 6.45) is 0. The van der Waals surface area contributed by atoms with Crippen molar-refractivity contribution in [2.75, 3.05) is 0 Å². The Hall–Kier alpha value is -1.25. The monoisotopic (exact) mass is 291 g/mol. The van der Waals surface area contributed by atoms with Crippen molar-refractivity contribution in [1.82, 2.24) is 5.32 Å². The first-order chi connectivity index (χ1) is 9.36. The molecule has 0 fully saturated rings. The minimum Gasteiger partial charge on any atom is -0.448 e. The predicted molar refractivity (Wildman–Crippen MR) is 84.1 cm³/mol. The van der Waals surface area contributed by atoms with E-state index in [1.54, 1.807) is 6.07 Å². The maximum absolute atomic E-state index is 5.76. The average molecular weight is 292 g/mol. The van der Waals surface area contributed by atoms with Crippen molar-refractivity contribution in [3.63, 3.8) is 0 Å². The number of hydrogen-bond acceptors (Lipinski definition) is 2. The summed E-state index contributed by atoms with van der Waals surface area (Å²) in [5, 5.41) is 3.87. The molecule has 20 heavy (non-hydrogen) atoms. The maximum Gasteiger partial charge on any atom is 0.193 e. The molecule has 1 atom stereocenters. The first kappa shape index (κ1) is 15.1. The molecular weight excluding hydrogens is 270 g/mol. The molecule has 1 N–H and O–H groups in total. The number of benzene rings is 1. The zero-order valence-electron chi connectivity index (χ0n) is 12.5. The third kappa shape index (κ3) is 3.87. The van der Waals surface area contributed by atoms with Crippen LogP contribution in [0.5, 0.6) is 0 Å². The highest BCUT2D eigenvalue weighted by Crippen LogP contribution is 2.24. The average Bonchev–Trinajstić information content (AvgIpc) is 2.81. The summed E-state index contributed by atoms with van der Waals surface area (Å²) in [4.78, 5) is 0. The quantitative estimate of drug-likeness (QED) is 0.849. The van der Waals surface area contributed by atoms with Gasteiger partial charge in [0.1, 0.15) is 5.76 Å². The Kier molecular flexibility index (Phi) is 4.56. The van der Waals surface area contributed by atoms with Gasteiger partial charge in [-0.1, -0.05) is 45.0 Å². The number of halogens is 1. The van der Waals surface area contributed by atoms with Gasteiger partial charge in [-0.05, 0) is 47.2 Å². The molecule has 1 aromatic carbocycles. The minimum absolute atomic E-state index is 0.195. The van der Waals surface area contributed by atoms with Crippen molar-refractivity contribution in [3.05, 3.63) is 58.5 Å². The third-order valence-electron chi connectivity index (χ3n) is 3.49. The smallest absolute Gasteiger partial charge is 0.193 e. The van der Waals surface area contributed by atoms with E-state index in [2.05, 4.69) is 57.3 Å². The summed E-state index contributed by atoms with van der Waals surface area (Å²) in [5.41, 5.74) is 2.82. The Bertz CT molecular complexity index is 551. The molecule has 0 radical (unpaired) electrons. The van der Waals surface area contributed by atoms with Crippen molar-refractivity contribution in [3.8, 4) is 0 Å². The van der Waals surface area contributed by atoms with Gasteiger partial charge >= 0.3 is 0 Å². The lowest BCUT2D eigenvalue weighted by molar-refractivity contribution is 0.461. The minimum atomic E-state index is 0.195. The molecule has 2 aromatic rings. The van der Waals surface area contributed by atoms with Gasteiger partial charge in [-0.3, -0.25) is 0 Å². The summed E-state index contributed by atoms with van der Waals surface area (Å²) >= 11 is 5.76. The fraction of sp³-hybridized carbons (Fsp3) is 0.412.